The van der Waals surface area contributed by atoms with Crippen molar-refractivity contribution in [3.05, 3.63) is 0 Å². The van der Waals surface area contributed by atoms with Crippen molar-refractivity contribution in [3.63, 3.8) is 0 Å². The zero-order chi connectivity index (χ0) is 19.6. The summed E-state index contributed by atoms with van der Waals surface area (Å²) in [6.07, 6.45) is 13.3. The van der Waals surface area contributed by atoms with Gasteiger partial charge in [0.05, 0.1) is 0 Å². The van der Waals surface area contributed by atoms with Crippen molar-refractivity contribution in [2.75, 3.05) is 20.6 Å². The van der Waals surface area contributed by atoms with Gasteiger partial charge in [0, 0.05) is 12.8 Å². The van der Waals surface area contributed by atoms with E-state index in [4.69, 9.17) is 9.84 Å². The van der Waals surface area contributed by atoms with Gasteiger partial charge < -0.3 is 14.7 Å². The van der Waals surface area contributed by atoms with Crippen molar-refractivity contribution >= 4 is 11.9 Å². The van der Waals surface area contributed by atoms with Gasteiger partial charge >= 0.3 is 11.9 Å². The largest absolute Gasteiger partial charge is 0.481 e. The van der Waals surface area contributed by atoms with Gasteiger partial charge in [-0.15, -0.1) is 0 Å². The van der Waals surface area contributed by atoms with E-state index in [0.717, 1.165) is 57.9 Å². The third kappa shape index (κ3) is 17.7. The second-order valence-electron chi connectivity index (χ2n) is 7.57. The van der Waals surface area contributed by atoms with E-state index in [1.165, 1.54) is 25.7 Å². The van der Waals surface area contributed by atoms with E-state index < -0.39 is 5.97 Å². The van der Waals surface area contributed by atoms with Gasteiger partial charge in [-0.1, -0.05) is 45.4 Å². The fourth-order valence-corrected chi connectivity index (χ4v) is 3.02. The summed E-state index contributed by atoms with van der Waals surface area (Å²) >= 11 is 0. The summed E-state index contributed by atoms with van der Waals surface area (Å²) in [5.74, 6) is -0.794. The number of hydrogen-bond acceptors (Lipinski definition) is 4. The molecular weight excluding hydrogens is 330 g/mol. The first-order valence-corrected chi connectivity index (χ1v) is 10.5. The number of hydrogen-bond donors (Lipinski definition) is 1. The number of carbonyl (C=O) groups is 2. The Morgan fingerprint density at radius 3 is 1.96 bits per heavy atom. The summed E-state index contributed by atoms with van der Waals surface area (Å²) in [5.41, 5.74) is 0. The summed E-state index contributed by atoms with van der Waals surface area (Å²) in [6, 6.07) is 0. The van der Waals surface area contributed by atoms with Crippen LogP contribution in [0.5, 0.6) is 0 Å². The molecule has 0 bridgehead atoms. The van der Waals surface area contributed by atoms with Crippen LogP contribution in [0.2, 0.25) is 0 Å². The van der Waals surface area contributed by atoms with Crippen molar-refractivity contribution in [2.24, 2.45) is 0 Å². The van der Waals surface area contributed by atoms with Gasteiger partial charge in [-0.3, -0.25) is 9.59 Å². The molecule has 0 fully saturated rings. The van der Waals surface area contributed by atoms with Crippen LogP contribution in [0, 0.1) is 0 Å². The second kappa shape index (κ2) is 17.3. The van der Waals surface area contributed by atoms with Crippen molar-refractivity contribution < 1.29 is 19.4 Å². The summed E-state index contributed by atoms with van der Waals surface area (Å²) in [7, 11) is 4.02. The fraction of sp³-hybridized carbons (Fsp3) is 0.905. The second-order valence-corrected chi connectivity index (χ2v) is 7.57. The minimum Gasteiger partial charge on any atom is -0.481 e. The molecule has 0 aromatic rings. The van der Waals surface area contributed by atoms with Crippen molar-refractivity contribution in [1.29, 1.82) is 0 Å². The Bertz CT molecular complexity index is 358. The molecule has 1 atom stereocenters. The zero-order valence-electron chi connectivity index (χ0n) is 17.3. The third-order valence-corrected chi connectivity index (χ3v) is 4.58. The fourth-order valence-electron chi connectivity index (χ4n) is 3.02. The molecule has 0 amide bonds. The van der Waals surface area contributed by atoms with Crippen LogP contribution in [-0.2, 0) is 14.3 Å². The molecule has 0 saturated carbocycles. The molecule has 0 aliphatic rings. The predicted molar refractivity (Wildman–Crippen MR) is 106 cm³/mol. The lowest BCUT2D eigenvalue weighted by molar-refractivity contribution is -0.150. The molecular formula is C21H41NO4. The molecule has 0 heterocycles. The first kappa shape index (κ1) is 24.9. The van der Waals surface area contributed by atoms with E-state index in [2.05, 4.69) is 11.8 Å². The van der Waals surface area contributed by atoms with Gasteiger partial charge in [0.2, 0.25) is 0 Å². The maximum absolute atomic E-state index is 12.1. The average molecular weight is 372 g/mol. The lowest BCUT2D eigenvalue weighted by atomic mass is 10.0. The van der Waals surface area contributed by atoms with E-state index in [1.807, 2.05) is 14.1 Å². The number of nitrogens with zero attached hydrogens (tertiary/aromatic N) is 1. The van der Waals surface area contributed by atoms with Crippen molar-refractivity contribution in [2.45, 2.75) is 103 Å². The van der Waals surface area contributed by atoms with Crippen LogP contribution in [0.4, 0.5) is 0 Å². The molecule has 0 aromatic heterocycles. The summed E-state index contributed by atoms with van der Waals surface area (Å²) in [5, 5.41) is 8.66. The highest BCUT2D eigenvalue weighted by molar-refractivity contribution is 5.69. The van der Waals surface area contributed by atoms with Crippen LogP contribution in [0.15, 0.2) is 0 Å². The van der Waals surface area contributed by atoms with Crippen LogP contribution in [0.25, 0.3) is 0 Å². The van der Waals surface area contributed by atoms with Crippen LogP contribution in [-0.4, -0.2) is 48.7 Å². The highest BCUT2D eigenvalue weighted by atomic mass is 16.5. The molecule has 1 unspecified atom stereocenters. The van der Waals surface area contributed by atoms with Gasteiger partial charge in [-0.25, -0.2) is 0 Å². The Hall–Kier alpha value is -1.10. The minimum atomic E-state index is -0.721. The zero-order valence-corrected chi connectivity index (χ0v) is 17.3. The van der Waals surface area contributed by atoms with Gasteiger partial charge in [0.1, 0.15) is 6.10 Å². The first-order valence-electron chi connectivity index (χ1n) is 10.5. The number of unbranched alkanes of at least 4 members (excludes halogenated alkanes) is 7. The quantitative estimate of drug-likeness (QED) is 0.270. The van der Waals surface area contributed by atoms with E-state index >= 15 is 0 Å². The highest BCUT2D eigenvalue weighted by Gasteiger charge is 2.14. The van der Waals surface area contributed by atoms with Crippen LogP contribution >= 0.6 is 0 Å². The summed E-state index contributed by atoms with van der Waals surface area (Å²) in [4.78, 5) is 24.7. The van der Waals surface area contributed by atoms with E-state index in [9.17, 15) is 9.59 Å². The number of esters is 1. The molecule has 1 N–H and O–H groups in total. The van der Waals surface area contributed by atoms with E-state index in [0.29, 0.717) is 6.42 Å². The molecule has 26 heavy (non-hydrogen) atoms. The SMILES string of the molecule is CCCCCCCC(CCCCCCC(=O)O)OC(=O)CCCN(C)C. The highest BCUT2D eigenvalue weighted by Crippen LogP contribution is 2.17. The molecule has 0 radical (unpaired) electrons. The first-order chi connectivity index (χ1) is 12.5. The normalized spacial score (nSPS) is 12.3. The maximum atomic E-state index is 12.1. The lowest BCUT2D eigenvalue weighted by Gasteiger charge is -2.18. The third-order valence-electron chi connectivity index (χ3n) is 4.58. The van der Waals surface area contributed by atoms with E-state index in [1.54, 1.807) is 0 Å². The van der Waals surface area contributed by atoms with Gasteiger partial charge in [-0.2, -0.15) is 0 Å². The molecule has 0 aliphatic heterocycles. The number of aliphatic carboxylic acids is 1. The molecule has 0 aromatic carbocycles. The summed E-state index contributed by atoms with van der Waals surface area (Å²) in [6.45, 7) is 3.11. The Balaban J connectivity index is 4.06. The lowest BCUT2D eigenvalue weighted by Crippen LogP contribution is -2.20. The number of ether oxygens (including phenoxy) is 1. The number of carboxylic acid groups (broad SMARTS) is 1. The Morgan fingerprint density at radius 1 is 0.846 bits per heavy atom. The predicted octanol–water partition coefficient (Wildman–Crippen LogP) is 5.03. The molecule has 5 nitrogen and oxygen atoms in total. The van der Waals surface area contributed by atoms with Gasteiger partial charge in [-0.05, 0) is 59.2 Å². The van der Waals surface area contributed by atoms with Gasteiger partial charge in [0.25, 0.3) is 0 Å². The van der Waals surface area contributed by atoms with Crippen molar-refractivity contribution in [3.8, 4) is 0 Å². The summed E-state index contributed by atoms with van der Waals surface area (Å²) < 4.78 is 5.73. The van der Waals surface area contributed by atoms with Crippen molar-refractivity contribution in [1.82, 2.24) is 4.90 Å². The number of rotatable bonds is 18. The molecule has 154 valence electrons. The topological polar surface area (TPSA) is 66.8 Å². The number of carbonyl (C=O) groups excluding carboxylic acids is 1. The monoisotopic (exact) mass is 371 g/mol. The standard InChI is InChI=1S/C21H41NO4/c1-4-5-6-7-10-14-19(15-11-8-9-12-16-20(23)24)26-21(25)17-13-18-22(2)3/h19H,4-18H2,1-3H3,(H,23,24). The van der Waals surface area contributed by atoms with Crippen LogP contribution < -0.4 is 0 Å². The molecule has 0 spiro atoms. The Kier molecular flexibility index (Phi) is 16.6. The maximum Gasteiger partial charge on any atom is 0.306 e. The molecule has 0 aliphatic carbocycles. The molecule has 0 rings (SSSR count). The van der Waals surface area contributed by atoms with Crippen LogP contribution in [0.3, 0.4) is 0 Å². The number of carboxylic acids is 1. The minimum absolute atomic E-state index is 0.0305. The van der Waals surface area contributed by atoms with Crippen LogP contribution in [0.1, 0.15) is 96.8 Å². The smallest absolute Gasteiger partial charge is 0.306 e. The molecule has 0 saturated heterocycles. The average Bonchev–Trinajstić information content (AvgIpc) is 2.56. The molecule has 5 heteroatoms. The van der Waals surface area contributed by atoms with Gasteiger partial charge in [0.15, 0.2) is 0 Å². The Labute approximate surface area is 160 Å². The Morgan fingerprint density at radius 2 is 1.42 bits per heavy atom. The van der Waals surface area contributed by atoms with E-state index in [-0.39, 0.29) is 18.5 Å².